The maximum atomic E-state index is 6.35. The first kappa shape index (κ1) is 13.5. The van der Waals surface area contributed by atoms with Crippen LogP contribution in [-0.2, 0) is 11.0 Å². The van der Waals surface area contributed by atoms with Crippen molar-refractivity contribution >= 4 is 0 Å². The van der Waals surface area contributed by atoms with Crippen molar-refractivity contribution in [3.05, 3.63) is 11.7 Å². The predicted octanol–water partition coefficient (Wildman–Crippen LogP) is 3.12. The van der Waals surface area contributed by atoms with Crippen molar-refractivity contribution in [2.24, 2.45) is 11.7 Å². The highest BCUT2D eigenvalue weighted by Crippen LogP contribution is 2.36. The Morgan fingerprint density at radius 1 is 1.33 bits per heavy atom. The first-order valence-electron chi connectivity index (χ1n) is 6.97. The van der Waals surface area contributed by atoms with Crippen molar-refractivity contribution in [2.45, 2.75) is 70.8 Å². The van der Waals surface area contributed by atoms with Gasteiger partial charge in [0.2, 0.25) is 5.89 Å². The van der Waals surface area contributed by atoms with E-state index in [9.17, 15) is 0 Å². The highest BCUT2D eigenvalue weighted by atomic mass is 16.5. The summed E-state index contributed by atoms with van der Waals surface area (Å²) in [5.74, 6) is 2.03. The van der Waals surface area contributed by atoms with Crippen LogP contribution in [0.25, 0.3) is 0 Å². The summed E-state index contributed by atoms with van der Waals surface area (Å²) in [4.78, 5) is 4.59. The van der Waals surface area contributed by atoms with Gasteiger partial charge in [-0.3, -0.25) is 0 Å². The Morgan fingerprint density at radius 2 is 1.94 bits per heavy atom. The average Bonchev–Trinajstić information content (AvgIpc) is 2.83. The van der Waals surface area contributed by atoms with Gasteiger partial charge in [-0.05, 0) is 25.2 Å². The van der Waals surface area contributed by atoms with Gasteiger partial charge in [-0.1, -0.05) is 45.7 Å². The number of hydrogen-bond donors (Lipinski definition) is 1. The molecule has 0 radical (unpaired) electrons. The maximum Gasteiger partial charge on any atom is 0.232 e. The number of rotatable bonds is 4. The lowest BCUT2D eigenvalue weighted by Crippen LogP contribution is -2.34. The molecule has 1 heterocycles. The molecule has 1 aliphatic carbocycles. The molecule has 2 rings (SSSR count). The van der Waals surface area contributed by atoms with E-state index >= 15 is 0 Å². The molecule has 0 aromatic carbocycles. The summed E-state index contributed by atoms with van der Waals surface area (Å²) in [6.07, 6.45) is 5.30. The zero-order valence-electron chi connectivity index (χ0n) is 12.0. The zero-order valence-corrected chi connectivity index (χ0v) is 12.0. The molecule has 4 heteroatoms. The molecule has 0 bridgehead atoms. The fourth-order valence-corrected chi connectivity index (χ4v) is 3.04. The second-order valence-electron chi connectivity index (χ2n) is 6.77. The summed E-state index contributed by atoms with van der Waals surface area (Å²) in [7, 11) is 0. The number of hydrogen-bond acceptors (Lipinski definition) is 4. The molecule has 1 aromatic heterocycles. The molecule has 1 aromatic rings. The van der Waals surface area contributed by atoms with Gasteiger partial charge < -0.3 is 10.3 Å². The van der Waals surface area contributed by atoms with Crippen molar-refractivity contribution in [3.63, 3.8) is 0 Å². The highest BCUT2D eigenvalue weighted by molar-refractivity contribution is 5.10. The first-order valence-corrected chi connectivity index (χ1v) is 6.97. The van der Waals surface area contributed by atoms with E-state index in [1.165, 1.54) is 0 Å². The smallest absolute Gasteiger partial charge is 0.232 e. The van der Waals surface area contributed by atoms with E-state index in [4.69, 9.17) is 10.3 Å². The van der Waals surface area contributed by atoms with Crippen molar-refractivity contribution in [2.75, 3.05) is 0 Å². The van der Waals surface area contributed by atoms with Gasteiger partial charge in [-0.15, -0.1) is 0 Å². The molecule has 1 saturated carbocycles. The third-order valence-corrected chi connectivity index (χ3v) is 3.86. The summed E-state index contributed by atoms with van der Waals surface area (Å²) in [6.45, 7) is 8.73. The standard InChI is InChI=1S/C14H25N3O/c1-10(2)9-13(3,4)12-16-11(17-18-12)14(15)7-5-6-8-14/h10H,5-9,15H2,1-4H3. The predicted molar refractivity (Wildman–Crippen MR) is 71.1 cm³/mol. The van der Waals surface area contributed by atoms with E-state index in [-0.39, 0.29) is 11.0 Å². The average molecular weight is 251 g/mol. The van der Waals surface area contributed by atoms with Crippen LogP contribution in [0.1, 0.15) is 71.5 Å². The van der Waals surface area contributed by atoms with E-state index < -0.39 is 0 Å². The molecule has 1 aliphatic rings. The first-order chi connectivity index (χ1) is 8.33. The molecular formula is C14H25N3O. The van der Waals surface area contributed by atoms with Gasteiger partial charge in [0.05, 0.1) is 5.54 Å². The molecule has 0 unspecified atom stereocenters. The molecule has 0 amide bonds. The van der Waals surface area contributed by atoms with Gasteiger partial charge in [0.1, 0.15) is 0 Å². The summed E-state index contributed by atoms with van der Waals surface area (Å²) in [5, 5.41) is 4.13. The van der Waals surface area contributed by atoms with Crippen LogP contribution in [-0.4, -0.2) is 10.1 Å². The minimum Gasteiger partial charge on any atom is -0.339 e. The number of nitrogens with zero attached hydrogens (tertiary/aromatic N) is 2. The molecule has 1 fully saturated rings. The lowest BCUT2D eigenvalue weighted by molar-refractivity contribution is 0.271. The van der Waals surface area contributed by atoms with Crippen LogP contribution < -0.4 is 5.73 Å². The fourth-order valence-electron chi connectivity index (χ4n) is 3.04. The second kappa shape index (κ2) is 4.65. The quantitative estimate of drug-likeness (QED) is 0.893. The van der Waals surface area contributed by atoms with Crippen LogP contribution in [0, 0.1) is 5.92 Å². The largest absolute Gasteiger partial charge is 0.339 e. The molecular weight excluding hydrogens is 226 g/mol. The number of nitrogens with two attached hydrogens (primary N) is 1. The molecule has 0 saturated heterocycles. The second-order valence-corrected chi connectivity index (χ2v) is 6.77. The molecule has 0 spiro atoms. The maximum absolute atomic E-state index is 6.35. The minimum absolute atomic E-state index is 0.0750. The van der Waals surface area contributed by atoms with E-state index in [1.54, 1.807) is 0 Å². The van der Waals surface area contributed by atoms with E-state index in [0.29, 0.717) is 11.7 Å². The van der Waals surface area contributed by atoms with Crippen LogP contribution in [0.2, 0.25) is 0 Å². The normalized spacial score (nSPS) is 19.7. The Hall–Kier alpha value is -0.900. The Morgan fingerprint density at radius 3 is 2.50 bits per heavy atom. The number of aromatic nitrogens is 2. The molecule has 2 N–H and O–H groups in total. The van der Waals surface area contributed by atoms with Crippen LogP contribution in [0.15, 0.2) is 4.52 Å². The van der Waals surface area contributed by atoms with E-state index in [1.807, 2.05) is 0 Å². The monoisotopic (exact) mass is 251 g/mol. The molecule has 0 atom stereocenters. The van der Waals surface area contributed by atoms with Gasteiger partial charge >= 0.3 is 0 Å². The van der Waals surface area contributed by atoms with Gasteiger partial charge in [0, 0.05) is 5.41 Å². The molecule has 18 heavy (non-hydrogen) atoms. The van der Waals surface area contributed by atoms with E-state index in [0.717, 1.165) is 38.0 Å². The Bertz CT molecular complexity index is 403. The zero-order chi connectivity index (χ0) is 13.4. The topological polar surface area (TPSA) is 64.9 Å². The van der Waals surface area contributed by atoms with Gasteiger partial charge in [-0.2, -0.15) is 4.98 Å². The van der Waals surface area contributed by atoms with Crippen LogP contribution in [0.5, 0.6) is 0 Å². The summed E-state index contributed by atoms with van der Waals surface area (Å²) >= 11 is 0. The van der Waals surface area contributed by atoms with Crippen molar-refractivity contribution in [1.82, 2.24) is 10.1 Å². The molecule has 102 valence electrons. The minimum atomic E-state index is -0.352. The fraction of sp³-hybridized carbons (Fsp3) is 0.857. The Balaban J connectivity index is 2.19. The summed E-state index contributed by atoms with van der Waals surface area (Å²) < 4.78 is 5.47. The van der Waals surface area contributed by atoms with Crippen LogP contribution >= 0.6 is 0 Å². The Labute approximate surface area is 109 Å². The highest BCUT2D eigenvalue weighted by Gasteiger charge is 2.38. The van der Waals surface area contributed by atoms with Gasteiger partial charge in [0.25, 0.3) is 0 Å². The third-order valence-electron chi connectivity index (χ3n) is 3.86. The van der Waals surface area contributed by atoms with Crippen molar-refractivity contribution < 1.29 is 4.52 Å². The summed E-state index contributed by atoms with van der Waals surface area (Å²) in [6, 6.07) is 0. The van der Waals surface area contributed by atoms with Crippen molar-refractivity contribution in [1.29, 1.82) is 0 Å². The van der Waals surface area contributed by atoms with Gasteiger partial charge in [0.15, 0.2) is 5.82 Å². The van der Waals surface area contributed by atoms with E-state index in [2.05, 4.69) is 37.8 Å². The lowest BCUT2D eigenvalue weighted by atomic mass is 9.84. The van der Waals surface area contributed by atoms with Gasteiger partial charge in [-0.25, -0.2) is 0 Å². The molecule has 4 nitrogen and oxygen atoms in total. The lowest BCUT2D eigenvalue weighted by Gasteiger charge is -2.22. The molecule has 0 aliphatic heterocycles. The van der Waals surface area contributed by atoms with Crippen LogP contribution in [0.4, 0.5) is 0 Å². The van der Waals surface area contributed by atoms with Crippen LogP contribution in [0.3, 0.4) is 0 Å². The summed E-state index contributed by atoms with van der Waals surface area (Å²) in [5.41, 5.74) is 5.93. The SMILES string of the molecule is CC(C)CC(C)(C)c1nc(C2(N)CCCC2)no1. The van der Waals surface area contributed by atoms with Crippen molar-refractivity contribution in [3.8, 4) is 0 Å². The Kier molecular flexibility index (Phi) is 3.49. The third kappa shape index (κ3) is 2.58.